The Balaban J connectivity index is 1.87. The van der Waals surface area contributed by atoms with Gasteiger partial charge in [0.2, 0.25) is 0 Å². The second-order valence-electron chi connectivity index (χ2n) is 5.94. The maximum absolute atomic E-state index is 6.13. The predicted molar refractivity (Wildman–Crippen MR) is 94.9 cm³/mol. The van der Waals surface area contributed by atoms with E-state index < -0.39 is 0 Å². The van der Waals surface area contributed by atoms with Crippen LogP contribution in [0.5, 0.6) is 5.75 Å². The van der Waals surface area contributed by atoms with Crippen LogP contribution in [0, 0.1) is 12.8 Å². The van der Waals surface area contributed by atoms with Gasteiger partial charge in [-0.15, -0.1) is 0 Å². The van der Waals surface area contributed by atoms with E-state index in [-0.39, 0.29) is 0 Å². The quantitative estimate of drug-likeness (QED) is 0.708. The lowest BCUT2D eigenvalue weighted by atomic mass is 10.1. The molecule has 2 aromatic rings. The third-order valence-electron chi connectivity index (χ3n) is 3.64. The van der Waals surface area contributed by atoms with Gasteiger partial charge in [-0.2, -0.15) is 0 Å². The summed E-state index contributed by atoms with van der Waals surface area (Å²) >= 11 is 6.13. The molecular formula is C19H24ClNO. The zero-order valence-electron chi connectivity index (χ0n) is 13.5. The minimum Gasteiger partial charge on any atom is -0.494 e. The highest BCUT2D eigenvalue weighted by atomic mass is 35.5. The summed E-state index contributed by atoms with van der Waals surface area (Å²) in [5.41, 5.74) is 3.37. The number of halogens is 1. The van der Waals surface area contributed by atoms with Gasteiger partial charge in [0.15, 0.2) is 0 Å². The highest BCUT2D eigenvalue weighted by Gasteiger charge is 2.02. The summed E-state index contributed by atoms with van der Waals surface area (Å²) in [6, 6.07) is 14.2. The predicted octanol–water partition coefficient (Wildman–Crippen LogP) is 5.69. The standard InChI is InChI=1S/C19H24ClNO/c1-14(2)11-12-22-17-9-7-16(8-10-17)13-21-19-6-4-5-18(20)15(19)3/h4-10,14,21H,11-13H2,1-3H3. The molecule has 0 amide bonds. The molecule has 2 aromatic carbocycles. The molecule has 0 fully saturated rings. The normalized spacial score (nSPS) is 10.8. The summed E-state index contributed by atoms with van der Waals surface area (Å²) in [5.74, 6) is 1.60. The number of rotatable bonds is 7. The van der Waals surface area contributed by atoms with Gasteiger partial charge in [-0.05, 0) is 54.7 Å². The fourth-order valence-electron chi connectivity index (χ4n) is 2.11. The molecule has 0 radical (unpaired) electrons. The fraction of sp³-hybridized carbons (Fsp3) is 0.368. The molecule has 3 heteroatoms. The largest absolute Gasteiger partial charge is 0.494 e. The number of anilines is 1. The van der Waals surface area contributed by atoms with Crippen molar-refractivity contribution < 1.29 is 4.74 Å². The van der Waals surface area contributed by atoms with Crippen LogP contribution in [0.2, 0.25) is 5.02 Å². The lowest BCUT2D eigenvalue weighted by Gasteiger charge is -2.12. The van der Waals surface area contributed by atoms with Gasteiger partial charge in [-0.1, -0.05) is 43.6 Å². The number of nitrogens with one attached hydrogen (secondary N) is 1. The highest BCUT2D eigenvalue weighted by molar-refractivity contribution is 6.31. The number of hydrogen-bond acceptors (Lipinski definition) is 2. The van der Waals surface area contributed by atoms with E-state index >= 15 is 0 Å². The van der Waals surface area contributed by atoms with Crippen molar-refractivity contribution in [3.8, 4) is 5.75 Å². The van der Waals surface area contributed by atoms with E-state index in [4.69, 9.17) is 16.3 Å². The number of ether oxygens (including phenoxy) is 1. The highest BCUT2D eigenvalue weighted by Crippen LogP contribution is 2.23. The van der Waals surface area contributed by atoms with Crippen LogP contribution in [0.25, 0.3) is 0 Å². The molecule has 0 aromatic heterocycles. The van der Waals surface area contributed by atoms with Crippen LogP contribution < -0.4 is 10.1 Å². The first-order valence-electron chi connectivity index (χ1n) is 7.77. The van der Waals surface area contributed by atoms with Crippen LogP contribution in [0.15, 0.2) is 42.5 Å². The summed E-state index contributed by atoms with van der Waals surface area (Å²) in [6.45, 7) is 7.98. The van der Waals surface area contributed by atoms with E-state index in [1.165, 1.54) is 5.56 Å². The number of hydrogen-bond donors (Lipinski definition) is 1. The second kappa shape index (κ2) is 8.09. The molecule has 2 nitrogen and oxygen atoms in total. The molecule has 0 aliphatic heterocycles. The van der Waals surface area contributed by atoms with Gasteiger partial charge >= 0.3 is 0 Å². The molecule has 22 heavy (non-hydrogen) atoms. The van der Waals surface area contributed by atoms with E-state index in [0.29, 0.717) is 5.92 Å². The van der Waals surface area contributed by atoms with Crippen molar-refractivity contribution in [1.82, 2.24) is 0 Å². The van der Waals surface area contributed by atoms with Crippen molar-refractivity contribution in [2.45, 2.75) is 33.7 Å². The summed E-state index contributed by atoms with van der Waals surface area (Å²) in [5, 5.41) is 4.21. The summed E-state index contributed by atoms with van der Waals surface area (Å²) in [6.07, 6.45) is 1.08. The average molecular weight is 318 g/mol. The molecule has 0 spiro atoms. The van der Waals surface area contributed by atoms with Crippen molar-refractivity contribution in [1.29, 1.82) is 0 Å². The van der Waals surface area contributed by atoms with Crippen molar-refractivity contribution >= 4 is 17.3 Å². The summed E-state index contributed by atoms with van der Waals surface area (Å²) in [7, 11) is 0. The Morgan fingerprint density at radius 1 is 1.09 bits per heavy atom. The van der Waals surface area contributed by atoms with E-state index in [0.717, 1.165) is 41.6 Å². The Morgan fingerprint density at radius 3 is 2.50 bits per heavy atom. The van der Waals surface area contributed by atoms with Crippen molar-refractivity contribution in [3.05, 3.63) is 58.6 Å². The molecular weight excluding hydrogens is 294 g/mol. The number of benzene rings is 2. The Kier molecular flexibility index (Phi) is 6.14. The molecule has 0 saturated heterocycles. The second-order valence-corrected chi connectivity index (χ2v) is 6.35. The van der Waals surface area contributed by atoms with Crippen molar-refractivity contribution in [2.24, 2.45) is 5.92 Å². The molecule has 0 saturated carbocycles. The topological polar surface area (TPSA) is 21.3 Å². The molecule has 118 valence electrons. The monoisotopic (exact) mass is 317 g/mol. The third-order valence-corrected chi connectivity index (χ3v) is 4.05. The summed E-state index contributed by atoms with van der Waals surface area (Å²) in [4.78, 5) is 0. The molecule has 1 N–H and O–H groups in total. The molecule has 2 rings (SSSR count). The Hall–Kier alpha value is -1.67. The molecule has 0 unspecified atom stereocenters. The van der Waals surface area contributed by atoms with Crippen LogP contribution in [-0.2, 0) is 6.54 Å². The van der Waals surface area contributed by atoms with Crippen molar-refractivity contribution in [3.63, 3.8) is 0 Å². The first kappa shape index (κ1) is 16.7. The summed E-state index contributed by atoms with van der Waals surface area (Å²) < 4.78 is 5.73. The van der Waals surface area contributed by atoms with Gasteiger partial charge < -0.3 is 10.1 Å². The lowest BCUT2D eigenvalue weighted by Crippen LogP contribution is -2.03. The van der Waals surface area contributed by atoms with Crippen LogP contribution in [0.1, 0.15) is 31.4 Å². The zero-order valence-corrected chi connectivity index (χ0v) is 14.3. The van der Waals surface area contributed by atoms with Gasteiger partial charge in [0.05, 0.1) is 6.61 Å². The van der Waals surface area contributed by atoms with Crippen LogP contribution >= 0.6 is 11.6 Å². The molecule has 0 aliphatic rings. The Labute approximate surface area is 138 Å². The maximum atomic E-state index is 6.13. The smallest absolute Gasteiger partial charge is 0.119 e. The zero-order chi connectivity index (χ0) is 15.9. The average Bonchev–Trinajstić information content (AvgIpc) is 2.50. The van der Waals surface area contributed by atoms with Crippen LogP contribution in [-0.4, -0.2) is 6.61 Å². The Morgan fingerprint density at radius 2 is 1.82 bits per heavy atom. The van der Waals surface area contributed by atoms with Gasteiger partial charge in [0.25, 0.3) is 0 Å². The molecule has 0 aliphatic carbocycles. The first-order valence-corrected chi connectivity index (χ1v) is 8.15. The van der Waals surface area contributed by atoms with Gasteiger partial charge in [-0.25, -0.2) is 0 Å². The third kappa shape index (κ3) is 4.96. The van der Waals surface area contributed by atoms with Gasteiger partial charge in [0, 0.05) is 17.3 Å². The lowest BCUT2D eigenvalue weighted by molar-refractivity contribution is 0.289. The minimum atomic E-state index is 0.671. The fourth-order valence-corrected chi connectivity index (χ4v) is 2.29. The van der Waals surface area contributed by atoms with E-state index in [2.05, 4.69) is 31.3 Å². The SMILES string of the molecule is Cc1c(Cl)cccc1NCc1ccc(OCCC(C)C)cc1. The van der Waals surface area contributed by atoms with Crippen molar-refractivity contribution in [2.75, 3.05) is 11.9 Å². The Bertz CT molecular complexity index is 593. The van der Waals surface area contributed by atoms with Gasteiger partial charge in [-0.3, -0.25) is 0 Å². The van der Waals surface area contributed by atoms with Crippen LogP contribution in [0.4, 0.5) is 5.69 Å². The maximum Gasteiger partial charge on any atom is 0.119 e. The van der Waals surface area contributed by atoms with Crippen LogP contribution in [0.3, 0.4) is 0 Å². The molecule has 0 atom stereocenters. The van der Waals surface area contributed by atoms with Gasteiger partial charge in [0.1, 0.15) is 5.75 Å². The van der Waals surface area contributed by atoms with E-state index in [1.54, 1.807) is 0 Å². The van der Waals surface area contributed by atoms with E-state index in [9.17, 15) is 0 Å². The first-order chi connectivity index (χ1) is 10.6. The molecule has 0 heterocycles. The molecule has 0 bridgehead atoms. The van der Waals surface area contributed by atoms with E-state index in [1.807, 2.05) is 37.3 Å². The minimum absolute atomic E-state index is 0.671.